The van der Waals surface area contributed by atoms with Gasteiger partial charge in [-0.05, 0) is 50.2 Å². The number of rotatable bonds is 6. The molecule has 140 valence electrons. The van der Waals surface area contributed by atoms with Gasteiger partial charge in [-0.15, -0.1) is 0 Å². The van der Waals surface area contributed by atoms with Crippen LogP contribution in [0.1, 0.15) is 50.5 Å². The van der Waals surface area contributed by atoms with Crippen molar-refractivity contribution in [2.75, 3.05) is 11.9 Å². The molecule has 2 N–H and O–H groups in total. The first-order chi connectivity index (χ1) is 12.5. The number of benzene rings is 1. The molecular weight excluding hydrogens is 332 g/mol. The number of carbonyl (C=O) groups excluding carboxylic acids is 2. The summed E-state index contributed by atoms with van der Waals surface area (Å²) in [4.78, 5) is 37.7. The largest absolute Gasteiger partial charge is 0.481 e. The molecule has 2 amide bonds. The number of nitrogens with zero attached hydrogens (tertiary/aromatic N) is 1. The average molecular weight is 358 g/mol. The number of piperidine rings is 1. The van der Waals surface area contributed by atoms with E-state index in [1.165, 1.54) is 0 Å². The third kappa shape index (κ3) is 4.42. The van der Waals surface area contributed by atoms with Gasteiger partial charge in [0.1, 0.15) is 0 Å². The van der Waals surface area contributed by atoms with Crippen molar-refractivity contribution in [3.8, 4) is 0 Å². The summed E-state index contributed by atoms with van der Waals surface area (Å²) in [6.45, 7) is 0.697. The highest BCUT2D eigenvalue weighted by Gasteiger charge is 2.30. The Bertz CT molecular complexity index is 688. The lowest BCUT2D eigenvalue weighted by molar-refractivity contribution is -0.140. The van der Waals surface area contributed by atoms with Crippen molar-refractivity contribution in [1.82, 2.24) is 4.90 Å². The molecule has 3 rings (SSSR count). The Balaban J connectivity index is 1.55. The molecule has 1 aromatic rings. The Morgan fingerprint density at radius 1 is 1.15 bits per heavy atom. The number of amides is 2. The lowest BCUT2D eigenvalue weighted by Crippen LogP contribution is -2.44. The van der Waals surface area contributed by atoms with Crippen LogP contribution in [0, 0.1) is 5.92 Å². The number of anilines is 1. The molecule has 26 heavy (non-hydrogen) atoms. The Morgan fingerprint density at radius 3 is 2.77 bits per heavy atom. The van der Waals surface area contributed by atoms with Crippen LogP contribution >= 0.6 is 0 Å². The van der Waals surface area contributed by atoms with Crippen molar-refractivity contribution in [1.29, 1.82) is 0 Å². The van der Waals surface area contributed by atoms with Crippen LogP contribution < -0.4 is 5.32 Å². The first-order valence-electron chi connectivity index (χ1n) is 9.44. The minimum Gasteiger partial charge on any atom is -0.481 e. The van der Waals surface area contributed by atoms with Gasteiger partial charge in [0.05, 0.1) is 0 Å². The molecule has 0 bridgehead atoms. The maximum Gasteiger partial charge on any atom is 0.303 e. The van der Waals surface area contributed by atoms with Crippen LogP contribution in [0.3, 0.4) is 0 Å². The number of hydrogen-bond donors (Lipinski definition) is 2. The van der Waals surface area contributed by atoms with Crippen LogP contribution in [-0.2, 0) is 20.8 Å². The molecular formula is C20H26N2O4. The second-order valence-electron chi connectivity index (χ2n) is 7.26. The lowest BCUT2D eigenvalue weighted by atomic mass is 9.89. The molecule has 0 aliphatic carbocycles. The molecule has 0 spiro atoms. The quantitative estimate of drug-likeness (QED) is 0.819. The Morgan fingerprint density at radius 2 is 1.96 bits per heavy atom. The molecule has 6 heteroatoms. The summed E-state index contributed by atoms with van der Waals surface area (Å²) >= 11 is 0. The molecule has 0 aromatic heterocycles. The zero-order chi connectivity index (χ0) is 18.5. The highest BCUT2D eigenvalue weighted by atomic mass is 16.4. The van der Waals surface area contributed by atoms with E-state index in [0.717, 1.165) is 30.5 Å². The van der Waals surface area contributed by atoms with Crippen molar-refractivity contribution in [2.24, 2.45) is 5.92 Å². The summed E-state index contributed by atoms with van der Waals surface area (Å²) in [5, 5.41) is 11.8. The number of likely N-dealkylation sites (tertiary alicyclic amines) is 1. The number of carboxylic acids is 1. The van der Waals surface area contributed by atoms with Gasteiger partial charge in [0.2, 0.25) is 11.8 Å². The van der Waals surface area contributed by atoms with E-state index in [4.69, 9.17) is 5.11 Å². The van der Waals surface area contributed by atoms with Crippen LogP contribution in [0.4, 0.5) is 5.69 Å². The fourth-order valence-electron chi connectivity index (χ4n) is 4.01. The summed E-state index contributed by atoms with van der Waals surface area (Å²) in [5.41, 5.74) is 1.98. The van der Waals surface area contributed by atoms with Gasteiger partial charge in [0.25, 0.3) is 0 Å². The van der Waals surface area contributed by atoms with E-state index >= 15 is 0 Å². The topological polar surface area (TPSA) is 86.7 Å². The van der Waals surface area contributed by atoms with Gasteiger partial charge in [-0.3, -0.25) is 14.4 Å². The Kier molecular flexibility index (Phi) is 5.91. The summed E-state index contributed by atoms with van der Waals surface area (Å²) in [7, 11) is 0. The molecule has 1 fully saturated rings. The standard InChI is InChI=1S/C20H26N2O4/c23-18(22-12-4-3-6-16(22)9-11-19(24)25)10-8-15-13-14-5-1-2-7-17(14)21-20(15)26/h1-2,5,7,15-16H,3-4,6,8-13H2,(H,21,26)(H,24,25)/t15-,16+/m1/s1. The molecule has 1 saturated heterocycles. The van der Waals surface area contributed by atoms with E-state index in [0.29, 0.717) is 32.2 Å². The van der Waals surface area contributed by atoms with E-state index in [-0.39, 0.29) is 30.2 Å². The predicted molar refractivity (Wildman–Crippen MR) is 97.7 cm³/mol. The van der Waals surface area contributed by atoms with Crippen molar-refractivity contribution in [3.63, 3.8) is 0 Å². The molecule has 1 aromatic carbocycles. The molecule has 2 heterocycles. The molecule has 6 nitrogen and oxygen atoms in total. The fourth-order valence-corrected chi connectivity index (χ4v) is 4.01. The molecule has 0 saturated carbocycles. The molecule has 0 radical (unpaired) electrons. The van der Waals surface area contributed by atoms with E-state index in [1.54, 1.807) is 0 Å². The summed E-state index contributed by atoms with van der Waals surface area (Å²) in [5.74, 6) is -0.971. The van der Waals surface area contributed by atoms with E-state index in [1.807, 2.05) is 29.2 Å². The minimum atomic E-state index is -0.819. The normalized spacial score (nSPS) is 22.5. The average Bonchev–Trinajstić information content (AvgIpc) is 2.64. The highest BCUT2D eigenvalue weighted by molar-refractivity contribution is 5.96. The van der Waals surface area contributed by atoms with Crippen LogP contribution in [-0.4, -0.2) is 40.4 Å². The number of nitrogens with one attached hydrogen (secondary N) is 1. The first-order valence-corrected chi connectivity index (χ1v) is 9.44. The van der Waals surface area contributed by atoms with Crippen molar-refractivity contribution >= 4 is 23.5 Å². The van der Waals surface area contributed by atoms with Gasteiger partial charge in [-0.1, -0.05) is 18.2 Å². The van der Waals surface area contributed by atoms with E-state index in [9.17, 15) is 14.4 Å². The zero-order valence-corrected chi connectivity index (χ0v) is 14.9. The van der Waals surface area contributed by atoms with Crippen molar-refractivity contribution < 1.29 is 19.5 Å². The van der Waals surface area contributed by atoms with Gasteiger partial charge in [-0.2, -0.15) is 0 Å². The highest BCUT2D eigenvalue weighted by Crippen LogP contribution is 2.28. The second kappa shape index (κ2) is 8.34. The zero-order valence-electron chi connectivity index (χ0n) is 14.9. The van der Waals surface area contributed by atoms with E-state index in [2.05, 4.69) is 5.32 Å². The third-order valence-corrected chi connectivity index (χ3v) is 5.46. The number of carbonyl (C=O) groups is 3. The Hall–Kier alpha value is -2.37. The van der Waals surface area contributed by atoms with Crippen LogP contribution in [0.5, 0.6) is 0 Å². The van der Waals surface area contributed by atoms with Gasteiger partial charge in [0.15, 0.2) is 0 Å². The van der Waals surface area contributed by atoms with Gasteiger partial charge < -0.3 is 15.3 Å². The molecule has 0 unspecified atom stereocenters. The van der Waals surface area contributed by atoms with Gasteiger partial charge in [-0.25, -0.2) is 0 Å². The molecule has 2 aliphatic rings. The van der Waals surface area contributed by atoms with Crippen molar-refractivity contribution in [3.05, 3.63) is 29.8 Å². The summed E-state index contributed by atoms with van der Waals surface area (Å²) < 4.78 is 0. The molecule has 2 aliphatic heterocycles. The van der Waals surface area contributed by atoms with Crippen LogP contribution in [0.15, 0.2) is 24.3 Å². The lowest BCUT2D eigenvalue weighted by Gasteiger charge is -2.36. The number of aliphatic carboxylic acids is 1. The number of carboxylic acid groups (broad SMARTS) is 1. The van der Waals surface area contributed by atoms with Gasteiger partial charge in [0, 0.05) is 37.0 Å². The first kappa shape index (κ1) is 18.4. The van der Waals surface area contributed by atoms with Gasteiger partial charge >= 0.3 is 5.97 Å². The maximum atomic E-state index is 12.7. The predicted octanol–water partition coefficient (Wildman–Crippen LogP) is 2.82. The number of para-hydroxylation sites is 1. The smallest absolute Gasteiger partial charge is 0.303 e. The second-order valence-corrected chi connectivity index (χ2v) is 7.26. The van der Waals surface area contributed by atoms with Crippen molar-refractivity contribution in [2.45, 2.75) is 57.4 Å². The molecule has 2 atom stereocenters. The summed E-state index contributed by atoms with van der Waals surface area (Å²) in [6.07, 6.45) is 5.01. The maximum absolute atomic E-state index is 12.7. The SMILES string of the molecule is O=C(O)CC[C@@H]1CCCCN1C(=O)CC[C@@H]1Cc2ccccc2NC1=O. The minimum absolute atomic E-state index is 0.0161. The van der Waals surface area contributed by atoms with Crippen LogP contribution in [0.25, 0.3) is 0 Å². The Labute approximate surface area is 153 Å². The van der Waals surface area contributed by atoms with Crippen LogP contribution in [0.2, 0.25) is 0 Å². The summed E-state index contributed by atoms with van der Waals surface area (Å²) in [6, 6.07) is 7.79. The monoisotopic (exact) mass is 358 g/mol. The number of hydrogen-bond acceptors (Lipinski definition) is 3. The third-order valence-electron chi connectivity index (χ3n) is 5.46. The van der Waals surface area contributed by atoms with E-state index < -0.39 is 5.97 Å². The fraction of sp³-hybridized carbons (Fsp3) is 0.550. The number of fused-ring (bicyclic) bond motifs is 1.